The number of rotatable bonds is 7. The molecule has 136 valence electrons. The number of carbonyl (C=O) groups excluding carboxylic acids is 1. The van der Waals surface area contributed by atoms with Crippen molar-refractivity contribution in [2.45, 2.75) is 25.4 Å². The van der Waals surface area contributed by atoms with Crippen LogP contribution < -0.4 is 9.47 Å². The van der Waals surface area contributed by atoms with Crippen molar-refractivity contribution < 1.29 is 14.3 Å². The Morgan fingerprint density at radius 2 is 1.88 bits per heavy atom. The van der Waals surface area contributed by atoms with Crippen LogP contribution in [0.4, 0.5) is 0 Å². The number of amides is 1. The van der Waals surface area contributed by atoms with Gasteiger partial charge in [0.2, 0.25) is 5.91 Å². The van der Waals surface area contributed by atoms with Crippen LogP contribution in [-0.4, -0.2) is 31.1 Å². The van der Waals surface area contributed by atoms with Crippen molar-refractivity contribution >= 4 is 23.6 Å². The van der Waals surface area contributed by atoms with Gasteiger partial charge >= 0.3 is 0 Å². The van der Waals surface area contributed by atoms with Gasteiger partial charge in [-0.25, -0.2) is 0 Å². The molecule has 1 saturated carbocycles. The van der Waals surface area contributed by atoms with Crippen LogP contribution >= 0.6 is 11.6 Å². The zero-order valence-corrected chi connectivity index (χ0v) is 15.7. The van der Waals surface area contributed by atoms with Gasteiger partial charge in [-0.2, -0.15) is 0 Å². The number of hydrogen-bond donors (Lipinski definition) is 0. The smallest absolute Gasteiger partial charge is 0.247 e. The van der Waals surface area contributed by atoms with E-state index >= 15 is 0 Å². The Kier molecular flexibility index (Phi) is 5.84. The third-order valence-electron chi connectivity index (χ3n) is 4.39. The normalized spacial score (nSPS) is 13.7. The fourth-order valence-electron chi connectivity index (χ4n) is 2.80. The lowest BCUT2D eigenvalue weighted by molar-refractivity contribution is -0.127. The minimum Gasteiger partial charge on any atom is -0.497 e. The van der Waals surface area contributed by atoms with Crippen LogP contribution in [0.15, 0.2) is 48.5 Å². The van der Waals surface area contributed by atoms with Crippen molar-refractivity contribution in [1.29, 1.82) is 0 Å². The molecule has 0 aliphatic heterocycles. The lowest BCUT2D eigenvalue weighted by Crippen LogP contribution is -2.31. The number of ether oxygens (including phenoxy) is 2. The summed E-state index contributed by atoms with van der Waals surface area (Å²) in [6.07, 6.45) is 5.50. The molecule has 0 atom stereocenters. The molecule has 0 spiro atoms. The highest BCUT2D eigenvalue weighted by Gasteiger charge is 2.32. The van der Waals surface area contributed by atoms with Gasteiger partial charge in [0.1, 0.15) is 11.5 Å². The van der Waals surface area contributed by atoms with Crippen molar-refractivity contribution in [2.75, 3.05) is 14.2 Å². The predicted octanol–water partition coefficient (Wildman–Crippen LogP) is 4.56. The maximum atomic E-state index is 12.8. The largest absolute Gasteiger partial charge is 0.497 e. The third-order valence-corrected chi connectivity index (χ3v) is 4.64. The van der Waals surface area contributed by atoms with Gasteiger partial charge in [-0.3, -0.25) is 4.79 Å². The molecule has 1 fully saturated rings. The summed E-state index contributed by atoms with van der Waals surface area (Å²) in [5.41, 5.74) is 1.88. The first kappa shape index (κ1) is 18.3. The Bertz CT molecular complexity index is 797. The molecule has 0 radical (unpaired) electrons. The maximum absolute atomic E-state index is 12.8. The van der Waals surface area contributed by atoms with Crippen LogP contribution in [0.2, 0.25) is 5.02 Å². The second-order valence-electron chi connectivity index (χ2n) is 6.26. The van der Waals surface area contributed by atoms with E-state index in [1.807, 2.05) is 53.4 Å². The average molecular weight is 372 g/mol. The molecule has 5 heteroatoms. The van der Waals surface area contributed by atoms with Crippen molar-refractivity contribution in [2.24, 2.45) is 0 Å². The summed E-state index contributed by atoms with van der Waals surface area (Å²) in [6.45, 7) is 0.495. The summed E-state index contributed by atoms with van der Waals surface area (Å²) in [4.78, 5) is 14.7. The molecule has 1 aliphatic carbocycles. The quantitative estimate of drug-likeness (QED) is 0.669. The molecule has 0 aromatic heterocycles. The predicted molar refractivity (Wildman–Crippen MR) is 104 cm³/mol. The standard InChI is InChI=1S/C21H22ClNO3/c1-25-19-10-11-20(26-2)16(13-19)14-23(18-8-9-18)21(24)12-5-15-3-6-17(22)7-4-15/h3-7,10-13,18H,8-9,14H2,1-2H3/b12-5+. The zero-order valence-electron chi connectivity index (χ0n) is 14.9. The Balaban J connectivity index is 1.77. The summed E-state index contributed by atoms with van der Waals surface area (Å²) >= 11 is 5.90. The first-order valence-corrected chi connectivity index (χ1v) is 8.93. The van der Waals surface area contributed by atoms with E-state index in [-0.39, 0.29) is 11.9 Å². The highest BCUT2D eigenvalue weighted by Crippen LogP contribution is 2.32. The van der Waals surface area contributed by atoms with Gasteiger partial charge in [-0.1, -0.05) is 23.7 Å². The SMILES string of the molecule is COc1ccc(OC)c(CN(C(=O)/C=C/c2ccc(Cl)cc2)C2CC2)c1. The van der Waals surface area contributed by atoms with Crippen LogP contribution in [0, 0.1) is 0 Å². The molecule has 2 aromatic carbocycles. The molecule has 0 bridgehead atoms. The fraction of sp³-hybridized carbons (Fsp3) is 0.286. The average Bonchev–Trinajstić information content (AvgIpc) is 3.50. The number of benzene rings is 2. The van der Waals surface area contributed by atoms with E-state index in [1.54, 1.807) is 20.3 Å². The summed E-state index contributed by atoms with van der Waals surface area (Å²) < 4.78 is 10.7. The van der Waals surface area contributed by atoms with Crippen molar-refractivity contribution in [3.8, 4) is 11.5 Å². The molecule has 0 saturated heterocycles. The highest BCUT2D eigenvalue weighted by atomic mass is 35.5. The molecular weight excluding hydrogens is 350 g/mol. The van der Waals surface area contributed by atoms with E-state index in [0.717, 1.165) is 35.5 Å². The Labute approximate surface area is 159 Å². The van der Waals surface area contributed by atoms with Gasteiger partial charge in [-0.15, -0.1) is 0 Å². The summed E-state index contributed by atoms with van der Waals surface area (Å²) in [5.74, 6) is 1.50. The minimum atomic E-state index is -0.00711. The van der Waals surface area contributed by atoms with Crippen molar-refractivity contribution in [1.82, 2.24) is 4.90 Å². The Morgan fingerprint density at radius 1 is 1.15 bits per heavy atom. The molecular formula is C21H22ClNO3. The van der Waals surface area contributed by atoms with Crippen LogP contribution in [0.3, 0.4) is 0 Å². The van der Waals surface area contributed by atoms with Crippen LogP contribution in [0.25, 0.3) is 6.08 Å². The zero-order chi connectivity index (χ0) is 18.5. The number of hydrogen-bond acceptors (Lipinski definition) is 3. The van der Waals surface area contributed by atoms with E-state index in [9.17, 15) is 4.79 Å². The van der Waals surface area contributed by atoms with E-state index in [0.29, 0.717) is 11.6 Å². The van der Waals surface area contributed by atoms with Gasteiger partial charge in [0.15, 0.2) is 0 Å². The maximum Gasteiger partial charge on any atom is 0.247 e. The fourth-order valence-corrected chi connectivity index (χ4v) is 2.93. The second kappa shape index (κ2) is 8.28. The Morgan fingerprint density at radius 3 is 2.50 bits per heavy atom. The molecule has 4 nitrogen and oxygen atoms in total. The minimum absolute atomic E-state index is 0.00711. The van der Waals surface area contributed by atoms with Gasteiger partial charge in [-0.05, 0) is 54.8 Å². The number of nitrogens with zero attached hydrogens (tertiary/aromatic N) is 1. The lowest BCUT2D eigenvalue weighted by Gasteiger charge is -2.22. The van der Waals surface area contributed by atoms with Gasteiger partial charge in [0, 0.05) is 22.7 Å². The monoisotopic (exact) mass is 371 g/mol. The van der Waals surface area contributed by atoms with Gasteiger partial charge < -0.3 is 14.4 Å². The lowest BCUT2D eigenvalue weighted by atomic mass is 10.1. The van der Waals surface area contributed by atoms with Crippen LogP contribution in [-0.2, 0) is 11.3 Å². The molecule has 2 aromatic rings. The summed E-state index contributed by atoms with van der Waals surface area (Å²) in [6, 6.07) is 13.3. The summed E-state index contributed by atoms with van der Waals surface area (Å²) in [5, 5.41) is 0.679. The molecule has 0 unspecified atom stereocenters. The summed E-state index contributed by atoms with van der Waals surface area (Å²) in [7, 11) is 3.26. The number of methoxy groups -OCH3 is 2. The van der Waals surface area contributed by atoms with Gasteiger partial charge in [0.25, 0.3) is 0 Å². The number of halogens is 1. The number of carbonyl (C=O) groups is 1. The first-order chi connectivity index (χ1) is 12.6. The van der Waals surface area contributed by atoms with Crippen LogP contribution in [0.1, 0.15) is 24.0 Å². The highest BCUT2D eigenvalue weighted by molar-refractivity contribution is 6.30. The van der Waals surface area contributed by atoms with Crippen molar-refractivity contribution in [3.63, 3.8) is 0 Å². The third kappa shape index (κ3) is 4.58. The first-order valence-electron chi connectivity index (χ1n) is 8.56. The second-order valence-corrected chi connectivity index (χ2v) is 6.70. The molecule has 0 N–H and O–H groups in total. The van der Waals surface area contributed by atoms with E-state index in [2.05, 4.69) is 0 Å². The molecule has 1 amide bonds. The van der Waals surface area contributed by atoms with Crippen LogP contribution in [0.5, 0.6) is 11.5 Å². The van der Waals surface area contributed by atoms with E-state index in [1.165, 1.54) is 0 Å². The molecule has 0 heterocycles. The van der Waals surface area contributed by atoms with Gasteiger partial charge in [0.05, 0.1) is 20.8 Å². The van der Waals surface area contributed by atoms with E-state index in [4.69, 9.17) is 21.1 Å². The topological polar surface area (TPSA) is 38.8 Å². The Hall–Kier alpha value is -2.46. The van der Waals surface area contributed by atoms with Crippen molar-refractivity contribution in [3.05, 3.63) is 64.7 Å². The molecule has 1 aliphatic rings. The van der Waals surface area contributed by atoms with E-state index < -0.39 is 0 Å². The molecule has 3 rings (SSSR count). The molecule has 26 heavy (non-hydrogen) atoms.